The van der Waals surface area contributed by atoms with Crippen LogP contribution in [0.15, 0.2) is 24.3 Å². The Balaban J connectivity index is 2.13. The highest BCUT2D eigenvalue weighted by molar-refractivity contribution is 5.48. The fourth-order valence-corrected chi connectivity index (χ4v) is 1.91. The van der Waals surface area contributed by atoms with E-state index in [0.29, 0.717) is 11.6 Å². The lowest BCUT2D eigenvalue weighted by molar-refractivity contribution is 0.238. The van der Waals surface area contributed by atoms with E-state index in [4.69, 9.17) is 5.11 Å². The number of para-hydroxylation sites is 1. The molecule has 3 heteroatoms. The Hall–Kier alpha value is -1.09. The summed E-state index contributed by atoms with van der Waals surface area (Å²) >= 11 is 0. The van der Waals surface area contributed by atoms with E-state index in [-0.39, 0.29) is 12.4 Å². The van der Waals surface area contributed by atoms with Gasteiger partial charge in [0.15, 0.2) is 0 Å². The largest absolute Gasteiger partial charge is 0.396 e. The van der Waals surface area contributed by atoms with E-state index in [2.05, 4.69) is 0 Å². The van der Waals surface area contributed by atoms with E-state index in [1.807, 2.05) is 11.0 Å². The molecule has 0 unspecified atom stereocenters. The molecule has 0 aromatic heterocycles. The zero-order valence-corrected chi connectivity index (χ0v) is 7.99. The van der Waals surface area contributed by atoms with Gasteiger partial charge in [-0.3, -0.25) is 0 Å². The first-order valence-electron chi connectivity index (χ1n) is 4.91. The Bertz CT molecular complexity index is 316. The molecule has 1 saturated heterocycles. The SMILES string of the molecule is OC[C@H]1CCN(c2ccccc2F)C1. The van der Waals surface area contributed by atoms with Crippen LogP contribution < -0.4 is 4.90 Å². The molecule has 0 saturated carbocycles. The van der Waals surface area contributed by atoms with E-state index in [0.717, 1.165) is 19.5 Å². The minimum Gasteiger partial charge on any atom is -0.396 e. The van der Waals surface area contributed by atoms with Crippen molar-refractivity contribution in [1.29, 1.82) is 0 Å². The summed E-state index contributed by atoms with van der Waals surface area (Å²) in [5.74, 6) is 0.126. The van der Waals surface area contributed by atoms with Crippen molar-refractivity contribution >= 4 is 5.69 Å². The van der Waals surface area contributed by atoms with Crippen molar-refractivity contribution < 1.29 is 9.50 Å². The summed E-state index contributed by atoms with van der Waals surface area (Å²) in [6.45, 7) is 1.80. The Morgan fingerprint density at radius 1 is 1.43 bits per heavy atom. The average molecular weight is 195 g/mol. The van der Waals surface area contributed by atoms with Crippen LogP contribution in [0, 0.1) is 11.7 Å². The Morgan fingerprint density at radius 3 is 2.86 bits per heavy atom. The average Bonchev–Trinajstić information content (AvgIpc) is 2.67. The smallest absolute Gasteiger partial charge is 0.146 e. The van der Waals surface area contributed by atoms with Gasteiger partial charge in [0.2, 0.25) is 0 Å². The van der Waals surface area contributed by atoms with E-state index in [1.54, 1.807) is 12.1 Å². The Kier molecular flexibility index (Phi) is 2.68. The van der Waals surface area contributed by atoms with Crippen LogP contribution >= 0.6 is 0 Å². The summed E-state index contributed by atoms with van der Waals surface area (Å²) in [4.78, 5) is 2.00. The van der Waals surface area contributed by atoms with Gasteiger partial charge in [0.1, 0.15) is 5.82 Å². The van der Waals surface area contributed by atoms with Crippen LogP contribution in [0.2, 0.25) is 0 Å². The highest BCUT2D eigenvalue weighted by atomic mass is 19.1. The summed E-state index contributed by atoms with van der Waals surface area (Å²) in [7, 11) is 0. The summed E-state index contributed by atoms with van der Waals surface area (Å²) in [5, 5.41) is 8.98. The molecule has 14 heavy (non-hydrogen) atoms. The third kappa shape index (κ3) is 1.73. The minimum atomic E-state index is -0.175. The number of hydrogen-bond donors (Lipinski definition) is 1. The molecule has 0 spiro atoms. The Labute approximate surface area is 83.0 Å². The van der Waals surface area contributed by atoms with Crippen LogP contribution in [0.3, 0.4) is 0 Å². The van der Waals surface area contributed by atoms with Crippen LogP contribution in [0.1, 0.15) is 6.42 Å². The molecular formula is C11H14FNO. The number of benzene rings is 1. The molecular weight excluding hydrogens is 181 g/mol. The second kappa shape index (κ2) is 3.96. The van der Waals surface area contributed by atoms with Crippen LogP contribution in [0.25, 0.3) is 0 Å². The quantitative estimate of drug-likeness (QED) is 0.775. The van der Waals surface area contributed by atoms with Gasteiger partial charge < -0.3 is 10.0 Å². The molecule has 1 aliphatic rings. The molecule has 1 aromatic rings. The third-order valence-corrected chi connectivity index (χ3v) is 2.74. The van der Waals surface area contributed by atoms with Crippen LogP contribution in [-0.4, -0.2) is 24.8 Å². The maximum atomic E-state index is 13.4. The van der Waals surface area contributed by atoms with Crippen LogP contribution in [0.4, 0.5) is 10.1 Å². The van der Waals surface area contributed by atoms with E-state index >= 15 is 0 Å². The van der Waals surface area contributed by atoms with Crippen molar-refractivity contribution in [1.82, 2.24) is 0 Å². The monoisotopic (exact) mass is 195 g/mol. The molecule has 0 radical (unpaired) electrons. The van der Waals surface area contributed by atoms with Crippen molar-refractivity contribution in [3.05, 3.63) is 30.1 Å². The number of rotatable bonds is 2. The summed E-state index contributed by atoms with van der Waals surface area (Å²) < 4.78 is 13.4. The fourth-order valence-electron chi connectivity index (χ4n) is 1.91. The topological polar surface area (TPSA) is 23.5 Å². The first-order chi connectivity index (χ1) is 6.81. The second-order valence-electron chi connectivity index (χ2n) is 3.73. The molecule has 1 aliphatic heterocycles. The van der Waals surface area contributed by atoms with Crippen molar-refractivity contribution in [2.75, 3.05) is 24.6 Å². The number of halogens is 1. The lowest BCUT2D eigenvalue weighted by Gasteiger charge is -2.18. The zero-order valence-electron chi connectivity index (χ0n) is 7.99. The maximum absolute atomic E-state index is 13.4. The number of anilines is 1. The lowest BCUT2D eigenvalue weighted by atomic mass is 10.1. The molecule has 1 aromatic carbocycles. The van der Waals surface area contributed by atoms with Gasteiger partial charge in [0.05, 0.1) is 5.69 Å². The molecule has 1 heterocycles. The predicted molar refractivity (Wildman–Crippen MR) is 53.8 cm³/mol. The van der Waals surface area contributed by atoms with Gasteiger partial charge >= 0.3 is 0 Å². The normalized spacial score (nSPS) is 21.6. The van der Waals surface area contributed by atoms with Crippen molar-refractivity contribution in [3.63, 3.8) is 0 Å². The van der Waals surface area contributed by atoms with E-state index < -0.39 is 0 Å². The number of aliphatic hydroxyl groups excluding tert-OH is 1. The summed E-state index contributed by atoms with van der Waals surface area (Å²) in [6, 6.07) is 6.79. The van der Waals surface area contributed by atoms with Gasteiger partial charge in [0, 0.05) is 25.6 Å². The minimum absolute atomic E-state index is 0.175. The molecule has 76 valence electrons. The van der Waals surface area contributed by atoms with Gasteiger partial charge in [-0.1, -0.05) is 12.1 Å². The first kappa shape index (κ1) is 9.46. The standard InChI is InChI=1S/C11H14FNO/c12-10-3-1-2-4-11(10)13-6-5-9(7-13)8-14/h1-4,9,14H,5-8H2/t9-/m0/s1. The van der Waals surface area contributed by atoms with E-state index in [1.165, 1.54) is 6.07 Å². The van der Waals surface area contributed by atoms with Crippen molar-refractivity contribution in [3.8, 4) is 0 Å². The molecule has 2 rings (SSSR count). The molecule has 1 fully saturated rings. The van der Waals surface area contributed by atoms with Crippen LogP contribution in [-0.2, 0) is 0 Å². The van der Waals surface area contributed by atoms with E-state index in [9.17, 15) is 4.39 Å². The van der Waals surface area contributed by atoms with Crippen molar-refractivity contribution in [2.24, 2.45) is 5.92 Å². The first-order valence-corrected chi connectivity index (χ1v) is 4.91. The molecule has 0 amide bonds. The molecule has 1 atom stereocenters. The second-order valence-corrected chi connectivity index (χ2v) is 3.73. The number of nitrogens with zero attached hydrogens (tertiary/aromatic N) is 1. The van der Waals surface area contributed by atoms with Crippen molar-refractivity contribution in [2.45, 2.75) is 6.42 Å². The predicted octanol–water partition coefficient (Wildman–Crippen LogP) is 1.64. The van der Waals surface area contributed by atoms with Gasteiger partial charge in [-0.25, -0.2) is 4.39 Å². The highest BCUT2D eigenvalue weighted by Crippen LogP contribution is 2.25. The fraction of sp³-hybridized carbons (Fsp3) is 0.455. The Morgan fingerprint density at radius 2 is 2.21 bits per heavy atom. The zero-order chi connectivity index (χ0) is 9.97. The molecule has 0 aliphatic carbocycles. The summed E-state index contributed by atoms with van der Waals surface area (Å²) in [5.41, 5.74) is 0.656. The van der Waals surface area contributed by atoms with Gasteiger partial charge in [-0.2, -0.15) is 0 Å². The highest BCUT2D eigenvalue weighted by Gasteiger charge is 2.23. The summed E-state index contributed by atoms with van der Waals surface area (Å²) in [6.07, 6.45) is 0.949. The molecule has 1 N–H and O–H groups in total. The van der Waals surface area contributed by atoms with Gasteiger partial charge in [-0.05, 0) is 18.6 Å². The van der Waals surface area contributed by atoms with Gasteiger partial charge in [0.25, 0.3) is 0 Å². The number of hydrogen-bond acceptors (Lipinski definition) is 2. The number of aliphatic hydroxyl groups is 1. The van der Waals surface area contributed by atoms with Gasteiger partial charge in [-0.15, -0.1) is 0 Å². The molecule has 2 nitrogen and oxygen atoms in total. The van der Waals surface area contributed by atoms with Crippen LogP contribution in [0.5, 0.6) is 0 Å². The molecule has 0 bridgehead atoms. The lowest BCUT2D eigenvalue weighted by Crippen LogP contribution is -2.21. The third-order valence-electron chi connectivity index (χ3n) is 2.74. The maximum Gasteiger partial charge on any atom is 0.146 e.